The highest BCUT2D eigenvalue weighted by atomic mass is 32.2. The molecule has 6 heteroatoms. The summed E-state index contributed by atoms with van der Waals surface area (Å²) >= 11 is 0. The quantitative estimate of drug-likeness (QED) is 0.746. The third kappa shape index (κ3) is 1.97. The van der Waals surface area contributed by atoms with E-state index in [2.05, 4.69) is 0 Å². The molecule has 1 fully saturated rings. The van der Waals surface area contributed by atoms with Crippen molar-refractivity contribution in [3.63, 3.8) is 0 Å². The monoisotopic (exact) mass is 243 g/mol. The van der Waals surface area contributed by atoms with Crippen LogP contribution < -0.4 is 5.48 Å². The number of hydrogen-bond donors (Lipinski definition) is 2. The summed E-state index contributed by atoms with van der Waals surface area (Å²) in [7, 11) is -3.33. The molecular weight excluding hydrogens is 230 g/mol. The number of sulfone groups is 1. The van der Waals surface area contributed by atoms with E-state index in [1.54, 1.807) is 24.3 Å². The Bertz CT molecular complexity index is 467. The molecule has 1 aromatic rings. The molecule has 1 aliphatic rings. The number of hydrogen-bond acceptors (Lipinski definition) is 5. The average Bonchev–Trinajstić information content (AvgIpc) is 2.15. The Morgan fingerprint density at radius 2 is 2.06 bits per heavy atom. The highest BCUT2D eigenvalue weighted by molar-refractivity contribution is 7.92. The molecule has 0 saturated carbocycles. The third-order valence-electron chi connectivity index (χ3n) is 2.59. The molecule has 0 unspecified atom stereocenters. The van der Waals surface area contributed by atoms with Crippen LogP contribution in [0.4, 0.5) is 0 Å². The molecule has 0 atom stereocenters. The fraction of sp³-hybridized carbons (Fsp3) is 0.400. The van der Waals surface area contributed by atoms with Crippen molar-refractivity contribution in [3.05, 3.63) is 29.8 Å². The van der Waals surface area contributed by atoms with Crippen LogP contribution in [0.3, 0.4) is 0 Å². The lowest BCUT2D eigenvalue weighted by atomic mass is 10.2. The van der Waals surface area contributed by atoms with Crippen molar-refractivity contribution in [3.8, 4) is 0 Å². The van der Waals surface area contributed by atoms with Gasteiger partial charge in [-0.2, -0.15) is 0 Å². The topological polar surface area (TPSA) is 75.6 Å². The SMILES string of the molecule is O=S(=O)(c1ccccc1CNO)C1COC1. The van der Waals surface area contributed by atoms with Crippen LogP contribution >= 0.6 is 0 Å². The highest BCUT2D eigenvalue weighted by Crippen LogP contribution is 2.24. The molecule has 16 heavy (non-hydrogen) atoms. The minimum absolute atomic E-state index is 0.114. The van der Waals surface area contributed by atoms with Crippen LogP contribution in [-0.4, -0.2) is 32.1 Å². The van der Waals surface area contributed by atoms with Crippen LogP contribution in [0.5, 0.6) is 0 Å². The van der Waals surface area contributed by atoms with E-state index in [-0.39, 0.29) is 24.7 Å². The predicted octanol–water partition coefficient (Wildman–Crippen LogP) is 0.338. The zero-order chi connectivity index (χ0) is 11.6. The molecule has 5 nitrogen and oxygen atoms in total. The molecule has 1 saturated heterocycles. The molecule has 0 bridgehead atoms. The van der Waals surface area contributed by atoms with Gasteiger partial charge in [-0.25, -0.2) is 13.9 Å². The van der Waals surface area contributed by atoms with Gasteiger partial charge in [-0.1, -0.05) is 18.2 Å². The van der Waals surface area contributed by atoms with E-state index in [1.807, 2.05) is 5.48 Å². The lowest BCUT2D eigenvalue weighted by molar-refractivity contribution is 0.0415. The Hall–Kier alpha value is -0.950. The van der Waals surface area contributed by atoms with E-state index in [4.69, 9.17) is 9.94 Å². The summed E-state index contributed by atoms with van der Waals surface area (Å²) in [5, 5.41) is 8.20. The van der Waals surface area contributed by atoms with Crippen molar-refractivity contribution in [2.75, 3.05) is 13.2 Å². The standard InChI is InChI=1S/C10H13NO4S/c12-11-5-8-3-1-2-4-10(8)16(13,14)9-6-15-7-9/h1-4,9,11-12H,5-7H2. The normalized spacial score (nSPS) is 17.1. The summed E-state index contributed by atoms with van der Waals surface area (Å²) in [6.45, 7) is 0.620. The summed E-state index contributed by atoms with van der Waals surface area (Å²) in [6.07, 6.45) is 0. The summed E-state index contributed by atoms with van der Waals surface area (Å²) < 4.78 is 29.1. The van der Waals surface area contributed by atoms with E-state index < -0.39 is 15.1 Å². The number of benzene rings is 1. The molecule has 1 aliphatic heterocycles. The van der Waals surface area contributed by atoms with Gasteiger partial charge < -0.3 is 9.94 Å². The smallest absolute Gasteiger partial charge is 0.186 e. The molecule has 1 heterocycles. The van der Waals surface area contributed by atoms with E-state index in [9.17, 15) is 8.42 Å². The molecule has 2 N–H and O–H groups in total. The first kappa shape index (κ1) is 11.5. The third-order valence-corrected chi connectivity index (χ3v) is 4.76. The first-order chi connectivity index (χ1) is 7.66. The number of nitrogens with one attached hydrogen (secondary N) is 1. The second kappa shape index (κ2) is 4.50. The molecule has 2 rings (SSSR count). The molecule has 0 spiro atoms. The minimum Gasteiger partial charge on any atom is -0.379 e. The van der Waals surface area contributed by atoms with Gasteiger partial charge in [0.15, 0.2) is 9.84 Å². The maximum atomic E-state index is 12.1. The first-order valence-corrected chi connectivity index (χ1v) is 6.47. The van der Waals surface area contributed by atoms with Crippen molar-refractivity contribution < 1.29 is 18.4 Å². The molecule has 88 valence electrons. The first-order valence-electron chi connectivity index (χ1n) is 4.93. The van der Waals surface area contributed by atoms with Gasteiger partial charge >= 0.3 is 0 Å². The maximum Gasteiger partial charge on any atom is 0.186 e. The van der Waals surface area contributed by atoms with Crippen LogP contribution in [0.2, 0.25) is 0 Å². The van der Waals surface area contributed by atoms with Gasteiger partial charge in [-0.15, -0.1) is 0 Å². The summed E-state index contributed by atoms with van der Waals surface area (Å²) in [6, 6.07) is 6.65. The second-order valence-electron chi connectivity index (χ2n) is 3.65. The summed E-state index contributed by atoms with van der Waals surface area (Å²) in [4.78, 5) is 0.268. The van der Waals surface area contributed by atoms with Gasteiger partial charge in [0.05, 0.1) is 18.1 Å². The highest BCUT2D eigenvalue weighted by Gasteiger charge is 2.34. The van der Waals surface area contributed by atoms with Crippen molar-refractivity contribution >= 4 is 9.84 Å². The van der Waals surface area contributed by atoms with Crippen molar-refractivity contribution in [2.24, 2.45) is 0 Å². The zero-order valence-corrected chi connectivity index (χ0v) is 9.40. The molecule has 0 amide bonds. The van der Waals surface area contributed by atoms with Crippen LogP contribution in [0.15, 0.2) is 29.2 Å². The van der Waals surface area contributed by atoms with E-state index >= 15 is 0 Å². The maximum absolute atomic E-state index is 12.1. The Morgan fingerprint density at radius 1 is 1.38 bits per heavy atom. The molecule has 0 aliphatic carbocycles. The molecular formula is C10H13NO4S. The average molecular weight is 243 g/mol. The number of ether oxygens (including phenoxy) is 1. The van der Waals surface area contributed by atoms with Crippen LogP contribution in [0.1, 0.15) is 5.56 Å². The minimum atomic E-state index is -3.33. The van der Waals surface area contributed by atoms with Gasteiger partial charge in [0.1, 0.15) is 5.25 Å². The van der Waals surface area contributed by atoms with Crippen LogP contribution in [0, 0.1) is 0 Å². The Balaban J connectivity index is 2.38. The Labute approximate surface area is 93.9 Å². The van der Waals surface area contributed by atoms with Gasteiger partial charge in [-0.05, 0) is 11.6 Å². The molecule has 0 aromatic heterocycles. The predicted molar refractivity (Wildman–Crippen MR) is 56.9 cm³/mol. The van der Waals surface area contributed by atoms with E-state index in [0.29, 0.717) is 5.56 Å². The van der Waals surface area contributed by atoms with Gasteiger partial charge in [0.2, 0.25) is 0 Å². The largest absolute Gasteiger partial charge is 0.379 e. The van der Waals surface area contributed by atoms with Gasteiger partial charge in [-0.3, -0.25) is 0 Å². The Morgan fingerprint density at radius 3 is 2.62 bits per heavy atom. The van der Waals surface area contributed by atoms with Crippen molar-refractivity contribution in [1.29, 1.82) is 0 Å². The van der Waals surface area contributed by atoms with E-state index in [1.165, 1.54) is 0 Å². The van der Waals surface area contributed by atoms with E-state index in [0.717, 1.165) is 0 Å². The molecule has 1 aromatic carbocycles. The summed E-state index contributed by atoms with van der Waals surface area (Å²) in [5.74, 6) is 0. The van der Waals surface area contributed by atoms with Gasteiger partial charge in [0, 0.05) is 6.54 Å². The lowest BCUT2D eigenvalue weighted by Gasteiger charge is -2.26. The second-order valence-corrected chi connectivity index (χ2v) is 5.84. The van der Waals surface area contributed by atoms with Crippen molar-refractivity contribution in [2.45, 2.75) is 16.7 Å². The fourth-order valence-electron chi connectivity index (χ4n) is 1.59. The van der Waals surface area contributed by atoms with Crippen molar-refractivity contribution in [1.82, 2.24) is 5.48 Å². The Kier molecular flexibility index (Phi) is 3.25. The fourth-order valence-corrected chi connectivity index (χ4v) is 3.27. The number of rotatable bonds is 4. The number of hydroxylamine groups is 1. The van der Waals surface area contributed by atoms with Crippen LogP contribution in [-0.2, 0) is 21.1 Å². The van der Waals surface area contributed by atoms with Crippen LogP contribution in [0.25, 0.3) is 0 Å². The zero-order valence-electron chi connectivity index (χ0n) is 8.59. The van der Waals surface area contributed by atoms with Gasteiger partial charge in [0.25, 0.3) is 0 Å². The molecule has 0 radical (unpaired) electrons. The lowest BCUT2D eigenvalue weighted by Crippen LogP contribution is -2.41. The summed E-state index contributed by atoms with van der Waals surface area (Å²) in [5.41, 5.74) is 2.54.